The van der Waals surface area contributed by atoms with E-state index in [2.05, 4.69) is 56.3 Å². The molecule has 3 fully saturated rings. The summed E-state index contributed by atoms with van der Waals surface area (Å²) in [5, 5.41) is 0. The summed E-state index contributed by atoms with van der Waals surface area (Å²) in [7, 11) is 0. The maximum Gasteiger partial charge on any atom is 0.309 e. The van der Waals surface area contributed by atoms with Crippen LogP contribution in [0.5, 0.6) is 0 Å². The largest absolute Gasteiger partial charge is 0.462 e. The number of rotatable bonds is 9. The number of hydrogen-bond donors (Lipinski definition) is 0. The van der Waals surface area contributed by atoms with Gasteiger partial charge in [-0.25, -0.2) is 0 Å². The molecular formula is C33H50O2. The first-order valence-corrected chi connectivity index (χ1v) is 15.0. The first kappa shape index (κ1) is 26.5. The molecule has 0 bridgehead atoms. The smallest absolute Gasteiger partial charge is 0.309 e. The third kappa shape index (κ3) is 7.96. The van der Waals surface area contributed by atoms with Crippen molar-refractivity contribution in [1.82, 2.24) is 0 Å². The highest BCUT2D eigenvalue weighted by atomic mass is 16.5. The van der Waals surface area contributed by atoms with Gasteiger partial charge in [0.25, 0.3) is 0 Å². The van der Waals surface area contributed by atoms with Crippen LogP contribution in [0.3, 0.4) is 0 Å². The first-order chi connectivity index (χ1) is 17.1. The Hall–Kier alpha value is -1.57. The first-order valence-electron chi connectivity index (χ1n) is 15.0. The van der Waals surface area contributed by atoms with Crippen LogP contribution in [0.1, 0.15) is 122 Å². The number of hydrogen-bond acceptors (Lipinski definition) is 2. The van der Waals surface area contributed by atoms with E-state index in [1.54, 1.807) is 0 Å². The molecule has 0 amide bonds. The standard InChI is InChI=1S/C33H50O2/c1-3-4-6-9-26-14-22-32(23-15-26)35-33(34)31-20-18-30(19-21-31)29-16-12-27(13-17-29)24-25(2)28-10-7-5-8-11-28/h3-5,7-8,10-11,25-27,29-32H,6,9,12-24H2,1-2H3/b4-3+. The highest BCUT2D eigenvalue weighted by Gasteiger charge is 2.35. The normalized spacial score (nSPS) is 32.9. The van der Waals surface area contributed by atoms with Crippen molar-refractivity contribution < 1.29 is 9.53 Å². The Labute approximate surface area is 215 Å². The Kier molecular flexibility index (Phi) is 10.3. The van der Waals surface area contributed by atoms with Gasteiger partial charge in [0.05, 0.1) is 5.92 Å². The van der Waals surface area contributed by atoms with Crippen LogP contribution in [0, 0.1) is 29.6 Å². The number of carbonyl (C=O) groups is 1. The van der Waals surface area contributed by atoms with Crippen molar-refractivity contribution in [1.29, 1.82) is 0 Å². The fourth-order valence-corrected chi connectivity index (χ4v) is 7.44. The van der Waals surface area contributed by atoms with Crippen LogP contribution in [-0.4, -0.2) is 12.1 Å². The van der Waals surface area contributed by atoms with Crippen molar-refractivity contribution in [2.75, 3.05) is 0 Å². The molecule has 194 valence electrons. The summed E-state index contributed by atoms with van der Waals surface area (Å²) in [4.78, 5) is 12.9. The monoisotopic (exact) mass is 478 g/mol. The van der Waals surface area contributed by atoms with Crippen LogP contribution >= 0.6 is 0 Å². The van der Waals surface area contributed by atoms with Gasteiger partial charge in [0, 0.05) is 0 Å². The molecule has 1 aromatic rings. The molecule has 1 atom stereocenters. The van der Waals surface area contributed by atoms with Gasteiger partial charge in [-0.15, -0.1) is 0 Å². The van der Waals surface area contributed by atoms with E-state index in [1.807, 2.05) is 0 Å². The van der Waals surface area contributed by atoms with Gasteiger partial charge in [0.2, 0.25) is 0 Å². The third-order valence-corrected chi connectivity index (χ3v) is 9.77. The molecule has 1 aromatic carbocycles. The van der Waals surface area contributed by atoms with Crippen molar-refractivity contribution in [3.05, 3.63) is 48.0 Å². The SMILES string of the molecule is C/C=C/CCC1CCC(OC(=O)C2CCC(C3CCC(CC(C)c4ccccc4)CC3)CC2)CC1. The van der Waals surface area contributed by atoms with Crippen molar-refractivity contribution >= 4 is 5.97 Å². The molecule has 3 aliphatic carbocycles. The summed E-state index contributed by atoms with van der Waals surface area (Å²) < 4.78 is 6.02. The Morgan fingerprint density at radius 1 is 0.857 bits per heavy atom. The Bertz CT molecular complexity index is 760. The lowest BCUT2D eigenvalue weighted by Gasteiger charge is -2.38. The molecule has 0 saturated heterocycles. The molecule has 0 N–H and O–H groups in total. The minimum Gasteiger partial charge on any atom is -0.462 e. The van der Waals surface area contributed by atoms with Crippen LogP contribution < -0.4 is 0 Å². The van der Waals surface area contributed by atoms with E-state index >= 15 is 0 Å². The third-order valence-electron chi connectivity index (χ3n) is 9.77. The Balaban J connectivity index is 1.11. The van der Waals surface area contributed by atoms with Crippen LogP contribution in [0.2, 0.25) is 0 Å². The zero-order valence-corrected chi connectivity index (χ0v) is 22.5. The molecule has 2 nitrogen and oxygen atoms in total. The van der Waals surface area contributed by atoms with Crippen molar-refractivity contribution in [2.24, 2.45) is 29.6 Å². The topological polar surface area (TPSA) is 26.3 Å². The summed E-state index contributed by atoms with van der Waals surface area (Å²) in [6.45, 7) is 4.50. The molecule has 2 heteroatoms. The van der Waals surface area contributed by atoms with Gasteiger partial charge in [-0.3, -0.25) is 4.79 Å². The van der Waals surface area contributed by atoms with E-state index in [9.17, 15) is 4.79 Å². The van der Waals surface area contributed by atoms with E-state index in [-0.39, 0.29) is 18.0 Å². The Morgan fingerprint density at radius 3 is 2.09 bits per heavy atom. The molecule has 3 aliphatic rings. The van der Waals surface area contributed by atoms with Crippen LogP contribution in [0.15, 0.2) is 42.5 Å². The lowest BCUT2D eigenvalue weighted by Crippen LogP contribution is -2.32. The van der Waals surface area contributed by atoms with Gasteiger partial charge in [0.1, 0.15) is 6.10 Å². The predicted octanol–water partition coefficient (Wildman–Crippen LogP) is 9.25. The number of ether oxygens (including phenoxy) is 1. The highest BCUT2D eigenvalue weighted by molar-refractivity contribution is 5.72. The van der Waals surface area contributed by atoms with Gasteiger partial charge in [-0.1, -0.05) is 62.2 Å². The fourth-order valence-electron chi connectivity index (χ4n) is 7.44. The number of carbonyl (C=O) groups excluding carboxylic acids is 1. The number of esters is 1. The van der Waals surface area contributed by atoms with Gasteiger partial charge < -0.3 is 4.74 Å². The number of benzene rings is 1. The minimum absolute atomic E-state index is 0.124. The van der Waals surface area contributed by atoms with Crippen molar-refractivity contribution in [3.63, 3.8) is 0 Å². The maximum absolute atomic E-state index is 12.9. The van der Waals surface area contributed by atoms with Gasteiger partial charge in [-0.05, 0) is 126 Å². The molecule has 4 rings (SSSR count). The molecule has 3 saturated carbocycles. The van der Waals surface area contributed by atoms with Crippen LogP contribution in [0.25, 0.3) is 0 Å². The van der Waals surface area contributed by atoms with Crippen molar-refractivity contribution in [3.8, 4) is 0 Å². The summed E-state index contributed by atoms with van der Waals surface area (Å²) in [5.74, 6) is 4.43. The summed E-state index contributed by atoms with van der Waals surface area (Å²) in [6, 6.07) is 11.0. The number of allylic oxidation sites excluding steroid dienone is 2. The molecule has 0 spiro atoms. The van der Waals surface area contributed by atoms with E-state index in [0.717, 1.165) is 49.4 Å². The molecule has 35 heavy (non-hydrogen) atoms. The quantitative estimate of drug-likeness (QED) is 0.261. The highest BCUT2D eigenvalue weighted by Crippen LogP contribution is 2.43. The lowest BCUT2D eigenvalue weighted by atomic mass is 9.68. The molecule has 0 aliphatic heterocycles. The molecular weight excluding hydrogens is 428 g/mol. The predicted molar refractivity (Wildman–Crippen MR) is 146 cm³/mol. The van der Waals surface area contributed by atoms with Crippen molar-refractivity contribution in [2.45, 2.75) is 122 Å². The lowest BCUT2D eigenvalue weighted by molar-refractivity contribution is -0.157. The summed E-state index contributed by atoms with van der Waals surface area (Å²) in [5.41, 5.74) is 1.50. The zero-order chi connectivity index (χ0) is 24.5. The zero-order valence-electron chi connectivity index (χ0n) is 22.5. The van der Waals surface area contributed by atoms with Gasteiger partial charge in [-0.2, -0.15) is 0 Å². The van der Waals surface area contributed by atoms with Gasteiger partial charge in [0.15, 0.2) is 0 Å². The average Bonchev–Trinajstić information content (AvgIpc) is 2.91. The minimum atomic E-state index is 0.124. The van der Waals surface area contributed by atoms with Crippen LogP contribution in [-0.2, 0) is 9.53 Å². The van der Waals surface area contributed by atoms with E-state index in [4.69, 9.17) is 4.74 Å². The maximum atomic E-state index is 12.9. The van der Waals surface area contributed by atoms with E-state index in [0.29, 0.717) is 5.92 Å². The second kappa shape index (κ2) is 13.7. The molecule has 0 radical (unpaired) electrons. The Morgan fingerprint density at radius 2 is 1.46 bits per heavy atom. The fraction of sp³-hybridized carbons (Fsp3) is 0.727. The second-order valence-corrected chi connectivity index (χ2v) is 12.2. The van der Waals surface area contributed by atoms with Crippen LogP contribution in [0.4, 0.5) is 0 Å². The molecule has 0 heterocycles. The summed E-state index contributed by atoms with van der Waals surface area (Å²) in [6.07, 6.45) is 23.3. The van der Waals surface area contributed by atoms with E-state index < -0.39 is 0 Å². The molecule has 1 unspecified atom stereocenters. The average molecular weight is 479 g/mol. The van der Waals surface area contributed by atoms with Gasteiger partial charge >= 0.3 is 5.97 Å². The summed E-state index contributed by atoms with van der Waals surface area (Å²) >= 11 is 0. The van der Waals surface area contributed by atoms with E-state index in [1.165, 1.54) is 76.2 Å². The second-order valence-electron chi connectivity index (χ2n) is 12.2. The molecule has 0 aromatic heterocycles.